The predicted molar refractivity (Wildman–Crippen MR) is 115 cm³/mol. The number of benzene rings is 3. The lowest BCUT2D eigenvalue weighted by Gasteiger charge is -2.31. The van der Waals surface area contributed by atoms with E-state index in [1.54, 1.807) is 12.1 Å². The lowest BCUT2D eigenvalue weighted by Crippen LogP contribution is -2.36. The molecule has 32 heavy (non-hydrogen) atoms. The number of hydrogen-bond acceptors (Lipinski definition) is 3. The van der Waals surface area contributed by atoms with Gasteiger partial charge in [0.1, 0.15) is 17.5 Å². The molecule has 166 valence electrons. The summed E-state index contributed by atoms with van der Waals surface area (Å²) in [5.74, 6) is -3.69. The van der Waals surface area contributed by atoms with Crippen molar-refractivity contribution in [3.63, 3.8) is 0 Å². The molecule has 0 spiro atoms. The highest BCUT2D eigenvalue weighted by Crippen LogP contribution is 2.35. The average molecular weight is 480 g/mol. The number of carbonyl (C=O) groups is 1. The molecule has 0 atom stereocenters. The van der Waals surface area contributed by atoms with Crippen LogP contribution in [0.3, 0.4) is 0 Å². The highest BCUT2D eigenvalue weighted by Gasteiger charge is 2.34. The second kappa shape index (κ2) is 8.60. The summed E-state index contributed by atoms with van der Waals surface area (Å²) in [6.07, 6.45) is 0.801. The highest BCUT2D eigenvalue weighted by atomic mass is 35.5. The fraction of sp³-hybridized carbons (Fsp3) is 0.174. The molecule has 3 aromatic rings. The van der Waals surface area contributed by atoms with Crippen molar-refractivity contribution in [2.24, 2.45) is 0 Å². The molecule has 4 rings (SSSR count). The lowest BCUT2D eigenvalue weighted by molar-refractivity contribution is 0.0989. The molecular weight excluding hydrogens is 463 g/mol. The van der Waals surface area contributed by atoms with E-state index in [-0.39, 0.29) is 29.2 Å². The monoisotopic (exact) mass is 479 g/mol. The Morgan fingerprint density at radius 2 is 1.62 bits per heavy atom. The maximum atomic E-state index is 14.3. The Bertz CT molecular complexity index is 1290. The Morgan fingerprint density at radius 3 is 2.31 bits per heavy atom. The second-order valence-electron chi connectivity index (χ2n) is 7.39. The van der Waals surface area contributed by atoms with E-state index in [1.807, 2.05) is 0 Å². The van der Waals surface area contributed by atoms with Gasteiger partial charge in [-0.3, -0.25) is 9.10 Å². The number of aryl methyl sites for hydroxylation is 1. The molecule has 0 N–H and O–H groups in total. The number of fused-ring (bicyclic) bond motifs is 1. The standard InChI is InChI=1S/C23H17ClF3NO3S/c24-16-5-1-6-17(25)22(16)21(29)13-14-9-10-15-4-3-11-28(20(15)12-14)32(30,31)23-18(26)7-2-8-19(23)27/h1-2,5-10,12H,3-4,11,13H2. The molecule has 0 unspecified atom stereocenters. The normalized spacial score (nSPS) is 13.7. The summed E-state index contributed by atoms with van der Waals surface area (Å²) in [6.45, 7) is 0.0274. The lowest BCUT2D eigenvalue weighted by atomic mass is 9.97. The molecule has 3 aromatic carbocycles. The van der Waals surface area contributed by atoms with Crippen molar-refractivity contribution in [3.8, 4) is 0 Å². The van der Waals surface area contributed by atoms with Gasteiger partial charge in [0.15, 0.2) is 10.7 Å². The maximum Gasteiger partial charge on any atom is 0.270 e. The van der Waals surface area contributed by atoms with Gasteiger partial charge >= 0.3 is 0 Å². The number of anilines is 1. The smallest absolute Gasteiger partial charge is 0.270 e. The van der Waals surface area contributed by atoms with Crippen molar-refractivity contribution in [3.05, 3.63) is 93.8 Å². The first-order chi connectivity index (χ1) is 15.2. The topological polar surface area (TPSA) is 54.5 Å². The largest absolute Gasteiger partial charge is 0.294 e. The number of ketones is 1. The van der Waals surface area contributed by atoms with Crippen LogP contribution in [-0.2, 0) is 22.9 Å². The molecule has 1 heterocycles. The van der Waals surface area contributed by atoms with E-state index in [4.69, 9.17) is 11.6 Å². The molecule has 9 heteroatoms. The van der Waals surface area contributed by atoms with Crippen LogP contribution in [0.2, 0.25) is 5.02 Å². The molecule has 0 fully saturated rings. The van der Waals surface area contributed by atoms with E-state index in [9.17, 15) is 26.4 Å². The van der Waals surface area contributed by atoms with Crippen LogP contribution in [0.1, 0.15) is 27.9 Å². The number of hydrogen-bond donors (Lipinski definition) is 0. The van der Waals surface area contributed by atoms with Crippen molar-refractivity contribution in [2.45, 2.75) is 24.2 Å². The Morgan fingerprint density at radius 1 is 0.969 bits per heavy atom. The fourth-order valence-electron chi connectivity index (χ4n) is 3.82. The van der Waals surface area contributed by atoms with E-state index in [1.165, 1.54) is 18.2 Å². The quantitative estimate of drug-likeness (QED) is 0.465. The van der Waals surface area contributed by atoms with Crippen LogP contribution in [0.25, 0.3) is 0 Å². The number of nitrogens with zero attached hydrogens (tertiary/aromatic N) is 1. The average Bonchev–Trinajstić information content (AvgIpc) is 2.72. The van der Waals surface area contributed by atoms with E-state index >= 15 is 0 Å². The molecular formula is C23H17ClF3NO3S. The summed E-state index contributed by atoms with van der Waals surface area (Å²) in [5.41, 5.74) is 1.08. The van der Waals surface area contributed by atoms with Gasteiger partial charge in [-0.1, -0.05) is 35.9 Å². The highest BCUT2D eigenvalue weighted by molar-refractivity contribution is 7.92. The predicted octanol–water partition coefficient (Wildman–Crippen LogP) is 5.32. The molecule has 0 radical (unpaired) electrons. The molecule has 0 saturated carbocycles. The van der Waals surface area contributed by atoms with Gasteiger partial charge in [0.2, 0.25) is 0 Å². The Hall–Kier alpha value is -2.84. The van der Waals surface area contributed by atoms with Crippen LogP contribution in [0.5, 0.6) is 0 Å². The first-order valence-electron chi connectivity index (χ1n) is 9.76. The number of sulfonamides is 1. The number of halogens is 4. The Balaban J connectivity index is 1.73. The molecule has 0 aromatic heterocycles. The summed E-state index contributed by atoms with van der Waals surface area (Å²) in [5, 5.41) is -0.0211. The molecule has 1 aliphatic heterocycles. The SMILES string of the molecule is O=C(Cc1ccc2c(c1)N(S(=O)(=O)c1c(F)cccc1F)CCC2)c1c(F)cccc1Cl. The van der Waals surface area contributed by atoms with Crippen molar-refractivity contribution in [2.75, 3.05) is 10.8 Å². The van der Waals surface area contributed by atoms with Gasteiger partial charge in [0.25, 0.3) is 10.0 Å². The molecule has 0 aliphatic carbocycles. The van der Waals surface area contributed by atoms with Gasteiger partial charge in [0, 0.05) is 13.0 Å². The molecule has 0 saturated heterocycles. The van der Waals surface area contributed by atoms with Gasteiger partial charge in [-0.05, 0) is 54.3 Å². The van der Waals surface area contributed by atoms with Crippen LogP contribution in [0.15, 0.2) is 59.5 Å². The minimum Gasteiger partial charge on any atom is -0.294 e. The summed E-state index contributed by atoms with van der Waals surface area (Å²) < 4.78 is 69.9. The summed E-state index contributed by atoms with van der Waals surface area (Å²) >= 11 is 5.97. The van der Waals surface area contributed by atoms with Crippen LogP contribution < -0.4 is 4.31 Å². The van der Waals surface area contributed by atoms with Crippen LogP contribution in [0.4, 0.5) is 18.9 Å². The van der Waals surface area contributed by atoms with Crippen molar-refractivity contribution in [1.82, 2.24) is 0 Å². The number of Topliss-reactive ketones (excluding diaryl/α,β-unsaturated/α-hetero) is 1. The molecule has 4 nitrogen and oxygen atoms in total. The third kappa shape index (κ3) is 4.00. The molecule has 0 bridgehead atoms. The van der Waals surface area contributed by atoms with Gasteiger partial charge in [0.05, 0.1) is 16.3 Å². The second-order valence-corrected chi connectivity index (χ2v) is 9.60. The van der Waals surface area contributed by atoms with Crippen molar-refractivity contribution < 1.29 is 26.4 Å². The zero-order valence-electron chi connectivity index (χ0n) is 16.6. The number of carbonyl (C=O) groups excluding carboxylic acids is 1. The minimum atomic E-state index is -4.53. The molecule has 0 amide bonds. The van der Waals surface area contributed by atoms with Gasteiger partial charge in [-0.15, -0.1) is 0 Å². The van der Waals surface area contributed by atoms with Crippen molar-refractivity contribution in [1.29, 1.82) is 0 Å². The van der Waals surface area contributed by atoms with Gasteiger partial charge < -0.3 is 0 Å². The van der Waals surface area contributed by atoms with Crippen LogP contribution in [-0.4, -0.2) is 20.7 Å². The summed E-state index contributed by atoms with van der Waals surface area (Å²) in [4.78, 5) is 11.6. The van der Waals surface area contributed by atoms with E-state index in [2.05, 4.69) is 0 Å². The fourth-order valence-corrected chi connectivity index (χ4v) is 5.74. The third-order valence-electron chi connectivity index (χ3n) is 5.30. The summed E-state index contributed by atoms with van der Waals surface area (Å²) in [7, 11) is -4.53. The summed E-state index contributed by atoms with van der Waals surface area (Å²) in [6, 6.07) is 11.6. The van der Waals surface area contributed by atoms with Crippen LogP contribution in [0, 0.1) is 17.5 Å². The molecule has 1 aliphatic rings. The third-order valence-corrected chi connectivity index (χ3v) is 7.48. The van der Waals surface area contributed by atoms with E-state index < -0.39 is 38.2 Å². The van der Waals surface area contributed by atoms with Crippen LogP contribution >= 0.6 is 11.6 Å². The zero-order valence-corrected chi connectivity index (χ0v) is 18.2. The van der Waals surface area contributed by atoms with E-state index in [0.717, 1.165) is 28.6 Å². The zero-order chi connectivity index (χ0) is 23.0. The maximum absolute atomic E-state index is 14.3. The Kier molecular flexibility index (Phi) is 6.01. The van der Waals surface area contributed by atoms with Gasteiger partial charge in [-0.2, -0.15) is 0 Å². The first-order valence-corrected chi connectivity index (χ1v) is 11.6. The minimum absolute atomic E-state index is 0.0211. The Labute approximate surface area is 188 Å². The van der Waals surface area contributed by atoms with E-state index in [0.29, 0.717) is 24.0 Å². The van der Waals surface area contributed by atoms with Crippen molar-refractivity contribution >= 4 is 33.1 Å². The van der Waals surface area contributed by atoms with Gasteiger partial charge in [-0.25, -0.2) is 21.6 Å². The first kappa shape index (κ1) is 22.4. The number of rotatable bonds is 5.